The van der Waals surface area contributed by atoms with Gasteiger partial charge in [0.1, 0.15) is 0 Å². The van der Waals surface area contributed by atoms with Crippen molar-refractivity contribution in [2.24, 2.45) is 5.92 Å². The van der Waals surface area contributed by atoms with Crippen LogP contribution in [-0.4, -0.2) is 48.7 Å². The Morgan fingerprint density at radius 1 is 1.05 bits per heavy atom. The van der Waals surface area contributed by atoms with Crippen molar-refractivity contribution in [2.75, 3.05) is 26.4 Å². The smallest absolute Gasteiger partial charge is 0.308 e. The van der Waals surface area contributed by atoms with E-state index < -0.39 is 0 Å². The minimum atomic E-state index is -0.171. The predicted molar refractivity (Wildman–Crippen MR) is 77.4 cm³/mol. The topological polar surface area (TPSA) is 76.0 Å². The molecule has 120 valence electrons. The summed E-state index contributed by atoms with van der Waals surface area (Å²) in [6.45, 7) is 4.63. The first-order valence-corrected chi connectivity index (χ1v) is 7.69. The number of rotatable bonds is 13. The number of ether oxygens (including phenoxy) is 2. The van der Waals surface area contributed by atoms with Crippen LogP contribution >= 0.6 is 0 Å². The maximum absolute atomic E-state index is 11.9. The molecule has 2 N–H and O–H groups in total. The number of aliphatic hydroxyl groups is 2. The van der Waals surface area contributed by atoms with Gasteiger partial charge >= 0.3 is 5.97 Å². The van der Waals surface area contributed by atoms with Crippen LogP contribution in [0.5, 0.6) is 0 Å². The second kappa shape index (κ2) is 13.3. The summed E-state index contributed by atoms with van der Waals surface area (Å²) in [4.78, 5) is 11.9. The summed E-state index contributed by atoms with van der Waals surface area (Å²) < 4.78 is 10.6. The number of unbranched alkanes of at least 4 members (excludes halogenated alkanes) is 1. The molecule has 0 saturated heterocycles. The second-order valence-electron chi connectivity index (χ2n) is 4.93. The molecule has 0 aromatic carbocycles. The third-order valence-corrected chi connectivity index (χ3v) is 3.31. The van der Waals surface area contributed by atoms with Gasteiger partial charge in [0.15, 0.2) is 0 Å². The van der Waals surface area contributed by atoms with Crippen LogP contribution in [0.15, 0.2) is 0 Å². The summed E-state index contributed by atoms with van der Waals surface area (Å²) in [6.07, 6.45) is 4.68. The van der Waals surface area contributed by atoms with Crippen molar-refractivity contribution in [3.8, 4) is 0 Å². The Morgan fingerprint density at radius 2 is 1.80 bits per heavy atom. The molecule has 5 heteroatoms. The molecule has 0 amide bonds. The first kappa shape index (κ1) is 19.4. The second-order valence-corrected chi connectivity index (χ2v) is 4.93. The molecule has 0 aliphatic carbocycles. The van der Waals surface area contributed by atoms with Gasteiger partial charge in [-0.1, -0.05) is 26.7 Å². The van der Waals surface area contributed by atoms with Crippen molar-refractivity contribution in [1.82, 2.24) is 0 Å². The highest BCUT2D eigenvalue weighted by molar-refractivity contribution is 5.72. The maximum atomic E-state index is 11.9. The van der Waals surface area contributed by atoms with Crippen LogP contribution < -0.4 is 0 Å². The number of aliphatic hydroxyl groups excluding tert-OH is 2. The summed E-state index contributed by atoms with van der Waals surface area (Å²) in [7, 11) is 0. The molecule has 0 heterocycles. The molecule has 2 unspecified atom stereocenters. The summed E-state index contributed by atoms with van der Waals surface area (Å²) in [5.74, 6) is -0.143. The van der Waals surface area contributed by atoms with Crippen LogP contribution in [-0.2, 0) is 14.3 Å². The maximum Gasteiger partial charge on any atom is 0.308 e. The van der Waals surface area contributed by atoms with Crippen molar-refractivity contribution in [2.45, 2.75) is 58.5 Å². The van der Waals surface area contributed by atoms with Crippen LogP contribution in [0.4, 0.5) is 0 Å². The zero-order valence-corrected chi connectivity index (χ0v) is 12.8. The fourth-order valence-electron chi connectivity index (χ4n) is 2.02. The number of esters is 1. The van der Waals surface area contributed by atoms with Gasteiger partial charge in [-0.3, -0.25) is 4.79 Å². The molecule has 0 aromatic heterocycles. The molecule has 0 aliphatic rings. The SMILES string of the molecule is CCCCC(CC)C(=O)OCCC(CCO)OCCO. The van der Waals surface area contributed by atoms with Gasteiger partial charge in [0.25, 0.3) is 0 Å². The van der Waals surface area contributed by atoms with E-state index in [4.69, 9.17) is 19.7 Å². The highest BCUT2D eigenvalue weighted by Gasteiger charge is 2.18. The van der Waals surface area contributed by atoms with Gasteiger partial charge in [0.2, 0.25) is 0 Å². The Morgan fingerprint density at radius 3 is 2.35 bits per heavy atom. The lowest BCUT2D eigenvalue weighted by Crippen LogP contribution is -2.22. The van der Waals surface area contributed by atoms with E-state index in [1.54, 1.807) is 0 Å². The average Bonchev–Trinajstić information content (AvgIpc) is 2.45. The minimum absolute atomic E-state index is 0.00963. The van der Waals surface area contributed by atoms with E-state index in [1.807, 2.05) is 6.92 Å². The van der Waals surface area contributed by atoms with Crippen LogP contribution in [0.1, 0.15) is 52.4 Å². The van der Waals surface area contributed by atoms with E-state index in [0.29, 0.717) is 19.4 Å². The lowest BCUT2D eigenvalue weighted by Gasteiger charge is -2.18. The van der Waals surface area contributed by atoms with Crippen LogP contribution in [0.2, 0.25) is 0 Å². The fourth-order valence-corrected chi connectivity index (χ4v) is 2.02. The molecule has 5 nitrogen and oxygen atoms in total. The average molecular weight is 290 g/mol. The quantitative estimate of drug-likeness (QED) is 0.507. The van der Waals surface area contributed by atoms with E-state index in [2.05, 4.69) is 6.92 Å². The first-order valence-electron chi connectivity index (χ1n) is 7.69. The molecule has 0 aliphatic heterocycles. The number of carbonyl (C=O) groups excluding carboxylic acids is 1. The van der Waals surface area contributed by atoms with E-state index in [0.717, 1.165) is 25.7 Å². The van der Waals surface area contributed by atoms with Gasteiger partial charge < -0.3 is 19.7 Å². The van der Waals surface area contributed by atoms with Gasteiger partial charge in [-0.05, 0) is 19.3 Å². The fraction of sp³-hybridized carbons (Fsp3) is 0.933. The zero-order chi connectivity index (χ0) is 15.2. The predicted octanol–water partition coefficient (Wildman–Crippen LogP) is 1.90. The van der Waals surface area contributed by atoms with E-state index >= 15 is 0 Å². The first-order chi connectivity index (χ1) is 9.69. The molecule has 0 rings (SSSR count). The van der Waals surface area contributed by atoms with E-state index in [1.165, 1.54) is 0 Å². The van der Waals surface area contributed by atoms with Gasteiger partial charge in [-0.25, -0.2) is 0 Å². The Kier molecular flexibility index (Phi) is 12.9. The zero-order valence-electron chi connectivity index (χ0n) is 12.8. The van der Waals surface area contributed by atoms with E-state index in [9.17, 15) is 4.79 Å². The van der Waals surface area contributed by atoms with Gasteiger partial charge in [-0.15, -0.1) is 0 Å². The molecular weight excluding hydrogens is 260 g/mol. The molecule has 0 fully saturated rings. The highest BCUT2D eigenvalue weighted by atomic mass is 16.5. The van der Waals surface area contributed by atoms with Gasteiger partial charge in [0, 0.05) is 13.0 Å². The van der Waals surface area contributed by atoms with Crippen molar-refractivity contribution < 1.29 is 24.5 Å². The monoisotopic (exact) mass is 290 g/mol. The van der Waals surface area contributed by atoms with Crippen LogP contribution in [0.3, 0.4) is 0 Å². The molecule has 0 radical (unpaired) electrons. The molecule has 0 bridgehead atoms. The highest BCUT2D eigenvalue weighted by Crippen LogP contribution is 2.15. The summed E-state index contributed by atoms with van der Waals surface area (Å²) in [5, 5.41) is 17.6. The molecule has 20 heavy (non-hydrogen) atoms. The van der Waals surface area contributed by atoms with Crippen molar-refractivity contribution >= 4 is 5.97 Å². The summed E-state index contributed by atoms with van der Waals surface area (Å²) in [6, 6.07) is 0. The largest absolute Gasteiger partial charge is 0.465 e. The standard InChI is InChI=1S/C15H30O5/c1-3-5-6-13(4-2)15(18)20-11-8-14(7-9-16)19-12-10-17/h13-14,16-17H,3-12H2,1-2H3. The Balaban J connectivity index is 3.94. The molecule has 0 saturated carbocycles. The summed E-state index contributed by atoms with van der Waals surface area (Å²) in [5.41, 5.74) is 0. The van der Waals surface area contributed by atoms with Crippen molar-refractivity contribution in [3.63, 3.8) is 0 Å². The third kappa shape index (κ3) is 9.28. The van der Waals surface area contributed by atoms with Crippen molar-refractivity contribution in [3.05, 3.63) is 0 Å². The van der Waals surface area contributed by atoms with Crippen LogP contribution in [0, 0.1) is 5.92 Å². The Labute approximate surface area is 122 Å². The molecule has 0 spiro atoms. The van der Waals surface area contributed by atoms with Gasteiger partial charge in [-0.2, -0.15) is 0 Å². The van der Waals surface area contributed by atoms with E-state index in [-0.39, 0.29) is 37.8 Å². The number of hydrogen-bond acceptors (Lipinski definition) is 5. The molecule has 0 aromatic rings. The van der Waals surface area contributed by atoms with Crippen LogP contribution in [0.25, 0.3) is 0 Å². The lowest BCUT2D eigenvalue weighted by atomic mass is 10.00. The number of hydrogen-bond donors (Lipinski definition) is 2. The summed E-state index contributed by atoms with van der Waals surface area (Å²) >= 11 is 0. The molecular formula is C15H30O5. The Bertz CT molecular complexity index is 232. The lowest BCUT2D eigenvalue weighted by molar-refractivity contribution is -0.150. The third-order valence-electron chi connectivity index (χ3n) is 3.31. The van der Waals surface area contributed by atoms with Crippen molar-refractivity contribution in [1.29, 1.82) is 0 Å². The van der Waals surface area contributed by atoms with Gasteiger partial charge in [0.05, 0.1) is 31.8 Å². The Hall–Kier alpha value is -0.650. The number of carbonyl (C=O) groups is 1. The minimum Gasteiger partial charge on any atom is -0.465 e. The molecule has 2 atom stereocenters. The normalized spacial score (nSPS) is 14.0.